The van der Waals surface area contributed by atoms with Crippen molar-refractivity contribution in [3.05, 3.63) is 106 Å². The smallest absolute Gasteiger partial charge is 0.416 e. The SMILES string of the molecule is O=C(O)c1ccc2c(c1)CCCC(c1ccc(C(F)(F)F)cc1)=C2c1ccc(CC2CCN(CCCF)C2)cc1. The molecule has 7 heteroatoms. The number of aryl methyl sites for hydroxylation is 1. The molecule has 1 aliphatic carbocycles. The van der Waals surface area contributed by atoms with Crippen LogP contribution in [-0.4, -0.2) is 42.3 Å². The van der Waals surface area contributed by atoms with Crippen molar-refractivity contribution in [2.75, 3.05) is 26.3 Å². The topological polar surface area (TPSA) is 40.5 Å². The molecule has 1 atom stereocenters. The van der Waals surface area contributed by atoms with E-state index in [0.29, 0.717) is 25.2 Å². The second-order valence-corrected chi connectivity index (χ2v) is 10.9. The number of carboxylic acid groups (broad SMARTS) is 1. The lowest BCUT2D eigenvalue weighted by molar-refractivity contribution is -0.137. The summed E-state index contributed by atoms with van der Waals surface area (Å²) in [5.74, 6) is -0.458. The van der Waals surface area contributed by atoms with Gasteiger partial charge >= 0.3 is 12.1 Å². The minimum atomic E-state index is -4.40. The predicted molar refractivity (Wildman–Crippen MR) is 149 cm³/mol. The molecule has 0 aromatic heterocycles. The highest BCUT2D eigenvalue weighted by atomic mass is 19.4. The van der Waals surface area contributed by atoms with E-state index >= 15 is 0 Å². The number of hydrogen-bond donors (Lipinski definition) is 1. The molecule has 1 heterocycles. The molecule has 3 aromatic rings. The van der Waals surface area contributed by atoms with Gasteiger partial charge in [-0.1, -0.05) is 42.5 Å². The number of allylic oxidation sites excluding steroid dienone is 1. The van der Waals surface area contributed by atoms with Gasteiger partial charge in [0.05, 0.1) is 17.8 Å². The molecule has 3 aromatic carbocycles. The third kappa shape index (κ3) is 6.30. The van der Waals surface area contributed by atoms with Crippen LogP contribution in [0.1, 0.15) is 69.4 Å². The molecule has 1 fully saturated rings. The third-order valence-electron chi connectivity index (χ3n) is 8.10. The zero-order valence-electron chi connectivity index (χ0n) is 22.3. The summed E-state index contributed by atoms with van der Waals surface area (Å²) in [5.41, 5.74) is 6.21. The van der Waals surface area contributed by atoms with E-state index < -0.39 is 17.7 Å². The van der Waals surface area contributed by atoms with Crippen LogP contribution in [-0.2, 0) is 19.0 Å². The second-order valence-electron chi connectivity index (χ2n) is 10.9. The Balaban J connectivity index is 1.50. The summed E-state index contributed by atoms with van der Waals surface area (Å²) in [7, 11) is 0. The van der Waals surface area contributed by atoms with Gasteiger partial charge in [-0.3, -0.25) is 4.39 Å². The fourth-order valence-electron chi connectivity index (χ4n) is 6.11. The Morgan fingerprint density at radius 1 is 0.950 bits per heavy atom. The van der Waals surface area contributed by atoms with Crippen LogP contribution in [0.5, 0.6) is 0 Å². The average molecular weight is 552 g/mol. The minimum absolute atomic E-state index is 0.226. The van der Waals surface area contributed by atoms with E-state index in [0.717, 1.165) is 84.4 Å². The Bertz CT molecular complexity index is 1380. The molecular formula is C33H33F4NO2. The third-order valence-corrected chi connectivity index (χ3v) is 8.10. The van der Waals surface area contributed by atoms with Crippen molar-refractivity contribution in [2.45, 2.75) is 44.7 Å². The van der Waals surface area contributed by atoms with Crippen molar-refractivity contribution in [3.63, 3.8) is 0 Å². The van der Waals surface area contributed by atoms with Gasteiger partial charge in [-0.15, -0.1) is 0 Å². The summed E-state index contributed by atoms with van der Waals surface area (Å²) >= 11 is 0. The Morgan fingerprint density at radius 2 is 1.68 bits per heavy atom. The molecule has 0 spiro atoms. The standard InChI is InChI=1S/C33H33F4NO2/c34-16-2-17-38-18-15-23(21-38)19-22-5-7-25(8-6-22)31-29(24-9-12-28(13-10-24)33(35,36)37)4-1-3-26-20-27(32(39)40)11-14-30(26)31/h5-14,20,23H,1-4,15-19,21H2,(H,39,40). The number of aromatic carboxylic acids is 1. The molecule has 0 saturated carbocycles. The molecule has 1 saturated heterocycles. The molecule has 1 aliphatic heterocycles. The highest BCUT2D eigenvalue weighted by Crippen LogP contribution is 2.41. The number of rotatable bonds is 8. The Hall–Kier alpha value is -3.45. The van der Waals surface area contributed by atoms with Crippen molar-refractivity contribution in [3.8, 4) is 0 Å². The molecule has 210 valence electrons. The van der Waals surface area contributed by atoms with Crippen LogP contribution in [0.2, 0.25) is 0 Å². The maximum Gasteiger partial charge on any atom is 0.416 e. The van der Waals surface area contributed by atoms with Crippen LogP contribution < -0.4 is 0 Å². The normalized spacial score (nSPS) is 18.1. The zero-order valence-corrected chi connectivity index (χ0v) is 22.3. The molecule has 40 heavy (non-hydrogen) atoms. The fourth-order valence-corrected chi connectivity index (χ4v) is 6.11. The van der Waals surface area contributed by atoms with Gasteiger partial charge in [0.1, 0.15) is 0 Å². The number of halogens is 4. The van der Waals surface area contributed by atoms with Crippen LogP contribution in [0, 0.1) is 5.92 Å². The molecule has 0 bridgehead atoms. The maximum absolute atomic E-state index is 13.3. The van der Waals surface area contributed by atoms with Crippen molar-refractivity contribution in [1.29, 1.82) is 0 Å². The van der Waals surface area contributed by atoms with E-state index in [9.17, 15) is 27.5 Å². The molecule has 0 amide bonds. The average Bonchev–Trinajstić information content (AvgIpc) is 3.29. The van der Waals surface area contributed by atoms with Gasteiger partial charge in [-0.2, -0.15) is 13.2 Å². The van der Waals surface area contributed by atoms with Gasteiger partial charge in [0, 0.05) is 13.1 Å². The summed E-state index contributed by atoms with van der Waals surface area (Å²) in [4.78, 5) is 14.0. The Kier molecular flexibility index (Phi) is 8.40. The number of alkyl halides is 4. The summed E-state index contributed by atoms with van der Waals surface area (Å²) in [6.07, 6.45) is 0.311. The Labute approximate surface area is 232 Å². The highest BCUT2D eigenvalue weighted by molar-refractivity contribution is 6.00. The first-order valence-electron chi connectivity index (χ1n) is 13.9. The van der Waals surface area contributed by atoms with Crippen LogP contribution in [0.15, 0.2) is 66.7 Å². The van der Waals surface area contributed by atoms with E-state index in [4.69, 9.17) is 0 Å². The van der Waals surface area contributed by atoms with Crippen molar-refractivity contribution in [1.82, 2.24) is 4.90 Å². The minimum Gasteiger partial charge on any atom is -0.478 e. The van der Waals surface area contributed by atoms with E-state index in [2.05, 4.69) is 29.2 Å². The summed E-state index contributed by atoms with van der Waals surface area (Å²) in [6, 6.07) is 18.9. The van der Waals surface area contributed by atoms with Crippen LogP contribution in [0.4, 0.5) is 17.6 Å². The number of nitrogens with zero attached hydrogens (tertiary/aromatic N) is 1. The number of carboxylic acids is 1. The number of likely N-dealkylation sites (tertiary alicyclic amines) is 1. The van der Waals surface area contributed by atoms with Gasteiger partial charge in [-0.05, 0) is 114 Å². The van der Waals surface area contributed by atoms with Gasteiger partial charge in [0.25, 0.3) is 0 Å². The van der Waals surface area contributed by atoms with Gasteiger partial charge < -0.3 is 10.0 Å². The molecule has 3 nitrogen and oxygen atoms in total. The van der Waals surface area contributed by atoms with Crippen LogP contribution in [0.25, 0.3) is 11.1 Å². The van der Waals surface area contributed by atoms with E-state index in [1.807, 2.05) is 6.07 Å². The lowest BCUT2D eigenvalue weighted by Crippen LogP contribution is -2.22. The van der Waals surface area contributed by atoms with Gasteiger partial charge in [-0.25, -0.2) is 4.79 Å². The fraction of sp³-hybridized carbons (Fsp3) is 0.364. The lowest BCUT2D eigenvalue weighted by Gasteiger charge is -2.18. The van der Waals surface area contributed by atoms with E-state index in [-0.39, 0.29) is 12.2 Å². The number of carbonyl (C=O) groups is 1. The maximum atomic E-state index is 13.3. The molecule has 1 unspecified atom stereocenters. The molecule has 5 rings (SSSR count). The molecule has 0 radical (unpaired) electrons. The summed E-state index contributed by atoms with van der Waals surface area (Å²) < 4.78 is 52.3. The predicted octanol–water partition coefficient (Wildman–Crippen LogP) is 7.92. The van der Waals surface area contributed by atoms with Crippen molar-refractivity contribution >= 4 is 17.1 Å². The van der Waals surface area contributed by atoms with Gasteiger partial charge in [0.15, 0.2) is 0 Å². The summed E-state index contributed by atoms with van der Waals surface area (Å²) in [6.45, 7) is 2.50. The van der Waals surface area contributed by atoms with E-state index in [1.165, 1.54) is 17.7 Å². The number of fused-ring (bicyclic) bond motifs is 1. The first-order valence-corrected chi connectivity index (χ1v) is 13.9. The second kappa shape index (κ2) is 12.0. The molecule has 2 aliphatic rings. The van der Waals surface area contributed by atoms with Crippen LogP contribution in [0.3, 0.4) is 0 Å². The summed E-state index contributed by atoms with van der Waals surface area (Å²) in [5, 5.41) is 9.54. The monoisotopic (exact) mass is 551 g/mol. The lowest BCUT2D eigenvalue weighted by atomic mass is 9.86. The largest absolute Gasteiger partial charge is 0.478 e. The number of benzene rings is 3. The molecular weight excluding hydrogens is 518 g/mol. The molecule has 1 N–H and O–H groups in total. The zero-order chi connectivity index (χ0) is 28.3. The first-order chi connectivity index (χ1) is 19.2. The van der Waals surface area contributed by atoms with E-state index in [1.54, 1.807) is 12.1 Å². The highest BCUT2D eigenvalue weighted by Gasteiger charge is 2.30. The quantitative estimate of drug-likeness (QED) is 0.289. The van der Waals surface area contributed by atoms with Crippen molar-refractivity contribution in [2.24, 2.45) is 5.92 Å². The Morgan fingerprint density at radius 3 is 2.35 bits per heavy atom. The van der Waals surface area contributed by atoms with Gasteiger partial charge in [0.2, 0.25) is 0 Å². The number of hydrogen-bond acceptors (Lipinski definition) is 2. The first kappa shape index (κ1) is 28.1. The van der Waals surface area contributed by atoms with Crippen LogP contribution >= 0.6 is 0 Å². The van der Waals surface area contributed by atoms with Crippen molar-refractivity contribution < 1.29 is 27.5 Å².